The van der Waals surface area contributed by atoms with E-state index in [1.165, 1.54) is 0 Å². The Labute approximate surface area is 183 Å². The van der Waals surface area contributed by atoms with E-state index in [9.17, 15) is 9.59 Å². The number of fused-ring (bicyclic) bond motifs is 1. The Balaban J connectivity index is 1.53. The molecule has 0 unspecified atom stereocenters. The summed E-state index contributed by atoms with van der Waals surface area (Å²) in [7, 11) is 1.63. The first kappa shape index (κ1) is 20.9. The minimum absolute atomic E-state index is 0.0158. The molecule has 1 heterocycles. The second-order valence-corrected chi connectivity index (χ2v) is 7.95. The Morgan fingerprint density at radius 2 is 1.77 bits per heavy atom. The van der Waals surface area contributed by atoms with Gasteiger partial charge in [-0.1, -0.05) is 49.4 Å². The number of aryl methyl sites for hydroxylation is 1. The molecule has 1 atom stereocenters. The summed E-state index contributed by atoms with van der Waals surface area (Å²) in [5.74, 6) is 0.480. The molecule has 2 amide bonds. The van der Waals surface area contributed by atoms with Gasteiger partial charge in [0.1, 0.15) is 5.75 Å². The van der Waals surface area contributed by atoms with Gasteiger partial charge in [0.25, 0.3) is 5.91 Å². The largest absolute Gasteiger partial charge is 0.496 e. The number of methoxy groups -OCH3 is 1. The lowest BCUT2D eigenvalue weighted by Crippen LogP contribution is -2.43. The second kappa shape index (κ2) is 9.21. The molecular weight excluding hydrogens is 388 g/mol. The number of para-hydroxylation sites is 1. The predicted octanol–water partition coefficient (Wildman–Crippen LogP) is 4.90. The number of nitrogens with one attached hydrogen (secondary N) is 1. The van der Waals surface area contributed by atoms with E-state index >= 15 is 0 Å². The van der Waals surface area contributed by atoms with Crippen molar-refractivity contribution in [1.82, 2.24) is 4.90 Å². The van der Waals surface area contributed by atoms with Gasteiger partial charge in [0.05, 0.1) is 13.0 Å². The molecule has 0 bridgehead atoms. The molecule has 0 aliphatic carbocycles. The van der Waals surface area contributed by atoms with E-state index in [1.807, 2.05) is 65.6 Å². The SMILES string of the molecule is CCc1ccccc1NC(=O)[C@@H]1CCCN(C(=O)c2ccc(OC)c3ccccc23)C1. The number of benzene rings is 3. The summed E-state index contributed by atoms with van der Waals surface area (Å²) in [5, 5.41) is 4.87. The van der Waals surface area contributed by atoms with Gasteiger partial charge in [-0.25, -0.2) is 0 Å². The van der Waals surface area contributed by atoms with E-state index in [4.69, 9.17) is 4.74 Å². The number of hydrogen-bond acceptors (Lipinski definition) is 3. The van der Waals surface area contributed by atoms with Crippen LogP contribution in [0.1, 0.15) is 35.7 Å². The number of hydrogen-bond donors (Lipinski definition) is 1. The predicted molar refractivity (Wildman–Crippen MR) is 124 cm³/mol. The van der Waals surface area contributed by atoms with Crippen LogP contribution in [-0.4, -0.2) is 36.9 Å². The van der Waals surface area contributed by atoms with E-state index in [2.05, 4.69) is 12.2 Å². The molecule has 1 N–H and O–H groups in total. The maximum atomic E-state index is 13.4. The van der Waals surface area contributed by atoms with E-state index < -0.39 is 0 Å². The number of carbonyl (C=O) groups is 2. The molecule has 1 aliphatic heterocycles. The molecule has 1 fully saturated rings. The van der Waals surface area contributed by atoms with Gasteiger partial charge in [0.2, 0.25) is 5.91 Å². The molecule has 5 nitrogen and oxygen atoms in total. The van der Waals surface area contributed by atoms with Crippen LogP contribution in [0, 0.1) is 5.92 Å². The van der Waals surface area contributed by atoms with Crippen LogP contribution in [0.4, 0.5) is 5.69 Å². The summed E-state index contributed by atoms with van der Waals surface area (Å²) < 4.78 is 5.45. The van der Waals surface area contributed by atoms with Crippen molar-refractivity contribution in [2.24, 2.45) is 5.92 Å². The molecule has 160 valence electrons. The first-order valence-corrected chi connectivity index (χ1v) is 10.9. The molecule has 1 saturated heterocycles. The molecule has 4 rings (SSSR count). The lowest BCUT2D eigenvalue weighted by Gasteiger charge is -2.32. The van der Waals surface area contributed by atoms with Crippen molar-refractivity contribution < 1.29 is 14.3 Å². The summed E-state index contributed by atoms with van der Waals surface area (Å²) in [6.45, 7) is 3.17. The normalized spacial score (nSPS) is 16.2. The van der Waals surface area contributed by atoms with Crippen LogP contribution in [0.5, 0.6) is 5.75 Å². The topological polar surface area (TPSA) is 58.6 Å². The van der Waals surface area contributed by atoms with Gasteiger partial charge in [0, 0.05) is 29.7 Å². The van der Waals surface area contributed by atoms with Crippen LogP contribution >= 0.6 is 0 Å². The average molecular weight is 417 g/mol. The Hall–Kier alpha value is -3.34. The number of rotatable bonds is 5. The molecule has 3 aromatic rings. The maximum Gasteiger partial charge on any atom is 0.254 e. The fourth-order valence-corrected chi connectivity index (χ4v) is 4.37. The highest BCUT2D eigenvalue weighted by Crippen LogP contribution is 2.30. The van der Waals surface area contributed by atoms with Crippen molar-refractivity contribution in [1.29, 1.82) is 0 Å². The summed E-state index contributed by atoms with van der Waals surface area (Å²) in [5.41, 5.74) is 2.62. The highest BCUT2D eigenvalue weighted by molar-refractivity contribution is 6.08. The van der Waals surface area contributed by atoms with Crippen molar-refractivity contribution in [3.05, 3.63) is 71.8 Å². The lowest BCUT2D eigenvalue weighted by molar-refractivity contribution is -0.121. The minimum atomic E-state index is -0.216. The summed E-state index contributed by atoms with van der Waals surface area (Å²) in [4.78, 5) is 28.2. The quantitative estimate of drug-likeness (QED) is 0.643. The number of anilines is 1. The van der Waals surface area contributed by atoms with Crippen molar-refractivity contribution >= 4 is 28.3 Å². The van der Waals surface area contributed by atoms with Crippen LogP contribution in [0.3, 0.4) is 0 Å². The first-order valence-electron chi connectivity index (χ1n) is 10.9. The van der Waals surface area contributed by atoms with Gasteiger partial charge in [-0.05, 0) is 48.4 Å². The number of likely N-dealkylation sites (tertiary alicyclic amines) is 1. The number of amides is 2. The molecular formula is C26H28N2O3. The third-order valence-electron chi connectivity index (χ3n) is 6.07. The Morgan fingerprint density at radius 3 is 2.55 bits per heavy atom. The van der Waals surface area contributed by atoms with Crippen molar-refractivity contribution in [2.75, 3.05) is 25.5 Å². The molecule has 0 radical (unpaired) electrons. The van der Waals surface area contributed by atoms with Gasteiger partial charge in [-0.2, -0.15) is 0 Å². The summed E-state index contributed by atoms with van der Waals surface area (Å²) in [6.07, 6.45) is 2.46. The van der Waals surface area contributed by atoms with E-state index in [-0.39, 0.29) is 17.7 Å². The van der Waals surface area contributed by atoms with Crippen LogP contribution in [0.25, 0.3) is 10.8 Å². The van der Waals surface area contributed by atoms with Crippen LogP contribution < -0.4 is 10.1 Å². The fraction of sp³-hybridized carbons (Fsp3) is 0.308. The van der Waals surface area contributed by atoms with Crippen LogP contribution in [0.15, 0.2) is 60.7 Å². The molecule has 0 spiro atoms. The molecule has 0 saturated carbocycles. The van der Waals surface area contributed by atoms with E-state index in [0.29, 0.717) is 18.7 Å². The molecule has 5 heteroatoms. The molecule has 0 aromatic heterocycles. The molecule has 3 aromatic carbocycles. The number of ether oxygens (including phenoxy) is 1. The van der Waals surface area contributed by atoms with Gasteiger partial charge >= 0.3 is 0 Å². The Morgan fingerprint density at radius 1 is 1.03 bits per heavy atom. The molecule has 1 aliphatic rings. The third-order valence-corrected chi connectivity index (χ3v) is 6.07. The number of carbonyl (C=O) groups excluding carboxylic acids is 2. The van der Waals surface area contributed by atoms with Crippen LogP contribution in [-0.2, 0) is 11.2 Å². The Bertz CT molecular complexity index is 1110. The van der Waals surface area contributed by atoms with Crippen molar-refractivity contribution in [3.63, 3.8) is 0 Å². The van der Waals surface area contributed by atoms with Gasteiger partial charge in [-0.15, -0.1) is 0 Å². The fourth-order valence-electron chi connectivity index (χ4n) is 4.37. The second-order valence-electron chi connectivity index (χ2n) is 7.95. The molecule has 31 heavy (non-hydrogen) atoms. The van der Waals surface area contributed by atoms with E-state index in [1.54, 1.807) is 7.11 Å². The monoisotopic (exact) mass is 416 g/mol. The van der Waals surface area contributed by atoms with Gasteiger partial charge in [0.15, 0.2) is 0 Å². The lowest BCUT2D eigenvalue weighted by atomic mass is 9.95. The van der Waals surface area contributed by atoms with Crippen molar-refractivity contribution in [2.45, 2.75) is 26.2 Å². The zero-order chi connectivity index (χ0) is 21.8. The zero-order valence-corrected chi connectivity index (χ0v) is 18.1. The summed E-state index contributed by atoms with van der Waals surface area (Å²) >= 11 is 0. The van der Waals surface area contributed by atoms with E-state index in [0.717, 1.165) is 47.0 Å². The highest BCUT2D eigenvalue weighted by atomic mass is 16.5. The number of nitrogens with zero attached hydrogens (tertiary/aromatic N) is 1. The van der Waals surface area contributed by atoms with Gasteiger partial charge in [-0.3, -0.25) is 9.59 Å². The highest BCUT2D eigenvalue weighted by Gasteiger charge is 2.30. The minimum Gasteiger partial charge on any atom is -0.496 e. The summed E-state index contributed by atoms with van der Waals surface area (Å²) in [6, 6.07) is 19.3. The zero-order valence-electron chi connectivity index (χ0n) is 18.1. The number of piperidine rings is 1. The first-order chi connectivity index (χ1) is 15.1. The van der Waals surface area contributed by atoms with Gasteiger partial charge < -0.3 is 15.0 Å². The standard InChI is InChI=1S/C26H28N2O3/c1-3-18-9-4-7-13-23(18)27-25(29)19-10-8-16-28(17-19)26(30)22-14-15-24(31-2)21-12-6-5-11-20(21)22/h4-7,9,11-15,19H,3,8,10,16-17H2,1-2H3,(H,27,29)/t19-/m1/s1. The third kappa shape index (κ3) is 4.26. The smallest absolute Gasteiger partial charge is 0.254 e. The van der Waals surface area contributed by atoms with Crippen molar-refractivity contribution in [3.8, 4) is 5.75 Å². The maximum absolute atomic E-state index is 13.4. The average Bonchev–Trinajstić information content (AvgIpc) is 2.83. The Kier molecular flexibility index (Phi) is 6.21. The van der Waals surface area contributed by atoms with Crippen LogP contribution in [0.2, 0.25) is 0 Å².